The molecule has 2 aromatic heterocycles. The molecule has 2 aromatic carbocycles. The summed E-state index contributed by atoms with van der Waals surface area (Å²) in [4.78, 5) is 30.4. The topological polar surface area (TPSA) is 108 Å². The summed E-state index contributed by atoms with van der Waals surface area (Å²) in [6, 6.07) is 18.7. The number of furan rings is 1. The third-order valence-electron chi connectivity index (χ3n) is 6.77. The monoisotopic (exact) mass is 574 g/mol. The molecule has 10 heteroatoms. The van der Waals surface area contributed by atoms with Gasteiger partial charge in [-0.15, -0.1) is 0 Å². The molecule has 3 N–H and O–H groups in total. The molecule has 0 radical (unpaired) electrons. The Morgan fingerprint density at radius 2 is 1.93 bits per heavy atom. The van der Waals surface area contributed by atoms with Crippen molar-refractivity contribution in [2.45, 2.75) is 32.9 Å². The number of hydrogen-bond acceptors (Lipinski definition) is 5. The quantitative estimate of drug-likeness (QED) is 0.207. The Morgan fingerprint density at radius 3 is 2.60 bits per heavy atom. The van der Waals surface area contributed by atoms with E-state index in [0.717, 1.165) is 22.6 Å². The number of benzene rings is 2. The number of thiocarbonyl (C=S) groups is 1. The highest BCUT2D eigenvalue weighted by atomic mass is 35.5. The van der Waals surface area contributed by atoms with Gasteiger partial charge in [0.05, 0.1) is 22.3 Å². The molecule has 0 aliphatic carbocycles. The van der Waals surface area contributed by atoms with Crippen LogP contribution in [0.4, 0.5) is 11.4 Å². The van der Waals surface area contributed by atoms with Crippen LogP contribution < -0.4 is 15.5 Å². The predicted octanol–water partition coefficient (Wildman–Crippen LogP) is 6.77. The molecular formula is C30H27ClN4O4S. The molecule has 1 aliphatic heterocycles. The Balaban J connectivity index is 1.57. The molecule has 5 rings (SSSR count). The lowest BCUT2D eigenvalue weighted by molar-refractivity contribution is -0.118. The smallest absolute Gasteiger partial charge is 0.335 e. The maximum Gasteiger partial charge on any atom is 0.335 e. The van der Waals surface area contributed by atoms with Crippen molar-refractivity contribution >= 4 is 52.2 Å². The van der Waals surface area contributed by atoms with E-state index in [1.54, 1.807) is 18.3 Å². The van der Waals surface area contributed by atoms with E-state index < -0.39 is 12.0 Å². The summed E-state index contributed by atoms with van der Waals surface area (Å²) < 4.78 is 6.35. The van der Waals surface area contributed by atoms with Crippen LogP contribution in [0.3, 0.4) is 0 Å². The number of carboxylic acids is 1. The zero-order chi connectivity index (χ0) is 28.6. The van der Waals surface area contributed by atoms with Crippen LogP contribution >= 0.6 is 23.8 Å². The molecule has 0 bridgehead atoms. The average Bonchev–Trinajstić information content (AvgIpc) is 3.55. The zero-order valence-electron chi connectivity index (χ0n) is 22.0. The van der Waals surface area contributed by atoms with Crippen LogP contribution in [-0.4, -0.2) is 27.1 Å². The maximum absolute atomic E-state index is 12.3. The molecule has 0 saturated carbocycles. The summed E-state index contributed by atoms with van der Waals surface area (Å²) >= 11 is 12.2. The summed E-state index contributed by atoms with van der Waals surface area (Å²) in [5, 5.41) is 16.7. The Morgan fingerprint density at radius 1 is 1.12 bits per heavy atom. The van der Waals surface area contributed by atoms with Crippen LogP contribution in [0.5, 0.6) is 0 Å². The Bertz CT molecular complexity index is 1600. The number of hydrogen-bond donors (Lipinski definition) is 3. The van der Waals surface area contributed by atoms with Gasteiger partial charge in [0.2, 0.25) is 5.91 Å². The van der Waals surface area contributed by atoms with Crippen molar-refractivity contribution < 1.29 is 19.1 Å². The second kappa shape index (κ2) is 11.1. The number of carboxylic acid groups (broad SMARTS) is 1. The molecule has 0 unspecified atom stereocenters. The lowest BCUT2D eigenvalue weighted by Crippen LogP contribution is -2.29. The number of carbonyl (C=O) groups excluding carboxylic acids is 1. The second-order valence-corrected chi connectivity index (χ2v) is 10.6. The first-order chi connectivity index (χ1) is 19.1. The van der Waals surface area contributed by atoms with E-state index in [9.17, 15) is 14.7 Å². The second-order valence-electron chi connectivity index (χ2n) is 9.84. The van der Waals surface area contributed by atoms with Crippen LogP contribution in [0, 0.1) is 12.8 Å². The van der Waals surface area contributed by atoms with Gasteiger partial charge in [-0.2, -0.15) is 0 Å². The number of anilines is 2. The minimum absolute atomic E-state index is 0.0592. The molecule has 1 aliphatic rings. The third kappa shape index (κ3) is 5.30. The number of halogens is 1. The summed E-state index contributed by atoms with van der Waals surface area (Å²) in [7, 11) is 0. The number of pyridine rings is 1. The molecule has 3 heterocycles. The van der Waals surface area contributed by atoms with Crippen LogP contribution in [0.15, 0.2) is 77.3 Å². The molecule has 2 atom stereocenters. The van der Waals surface area contributed by atoms with Crippen molar-refractivity contribution in [2.75, 3.05) is 10.2 Å². The largest absolute Gasteiger partial charge is 0.478 e. The van der Waals surface area contributed by atoms with Gasteiger partial charge in [-0.05, 0) is 85.4 Å². The molecular weight excluding hydrogens is 548 g/mol. The van der Waals surface area contributed by atoms with Gasteiger partial charge in [-0.1, -0.05) is 31.5 Å². The molecule has 1 fully saturated rings. The molecule has 4 aromatic rings. The van der Waals surface area contributed by atoms with E-state index in [1.165, 1.54) is 12.1 Å². The SMILES string of the molecule is Cc1cc(N2C(=S)N[C@H](c3ccccn3)[C@H]2c2ccc(-c3cc(C(=O)O)ccc3Cl)o2)ccc1NC(=O)C(C)C. The number of aryl methyl sites for hydroxylation is 1. The number of aromatic carboxylic acids is 1. The van der Waals surface area contributed by atoms with Crippen LogP contribution in [0.2, 0.25) is 5.02 Å². The first-order valence-electron chi connectivity index (χ1n) is 12.7. The van der Waals surface area contributed by atoms with Gasteiger partial charge in [-0.3, -0.25) is 9.78 Å². The first-order valence-corrected chi connectivity index (χ1v) is 13.5. The van der Waals surface area contributed by atoms with Crippen LogP contribution in [0.25, 0.3) is 11.3 Å². The Kier molecular flexibility index (Phi) is 7.60. The Labute approximate surface area is 242 Å². The van der Waals surface area contributed by atoms with Gasteiger partial charge >= 0.3 is 5.97 Å². The van der Waals surface area contributed by atoms with Gasteiger partial charge in [0, 0.05) is 29.1 Å². The number of amides is 1. The lowest BCUT2D eigenvalue weighted by atomic mass is 10.0. The molecule has 8 nitrogen and oxygen atoms in total. The minimum atomic E-state index is -1.06. The summed E-state index contributed by atoms with van der Waals surface area (Å²) in [5.41, 5.74) is 3.78. The highest BCUT2D eigenvalue weighted by Gasteiger charge is 2.42. The minimum Gasteiger partial charge on any atom is -0.478 e. The number of carbonyl (C=O) groups is 2. The van der Waals surface area contributed by atoms with Gasteiger partial charge < -0.3 is 25.1 Å². The molecule has 1 amide bonds. The van der Waals surface area contributed by atoms with E-state index in [0.29, 0.717) is 27.2 Å². The average molecular weight is 575 g/mol. The van der Waals surface area contributed by atoms with Crippen molar-refractivity contribution in [2.24, 2.45) is 5.92 Å². The fourth-order valence-corrected chi connectivity index (χ4v) is 5.20. The van der Waals surface area contributed by atoms with Crippen molar-refractivity contribution in [3.8, 4) is 11.3 Å². The fraction of sp³-hybridized carbons (Fsp3) is 0.200. The predicted molar refractivity (Wildman–Crippen MR) is 159 cm³/mol. The van der Waals surface area contributed by atoms with Gasteiger partial charge in [-0.25, -0.2) is 4.79 Å². The first kappa shape index (κ1) is 27.4. The number of rotatable bonds is 7. The van der Waals surface area contributed by atoms with E-state index in [-0.39, 0.29) is 23.4 Å². The molecule has 1 saturated heterocycles. The van der Waals surface area contributed by atoms with E-state index >= 15 is 0 Å². The van der Waals surface area contributed by atoms with Crippen LogP contribution in [0.1, 0.15) is 53.3 Å². The van der Waals surface area contributed by atoms with Gasteiger partial charge in [0.1, 0.15) is 17.6 Å². The summed E-state index contributed by atoms with van der Waals surface area (Å²) in [6.07, 6.45) is 1.72. The summed E-state index contributed by atoms with van der Waals surface area (Å²) in [5.74, 6) is -0.236. The van der Waals surface area contributed by atoms with Gasteiger partial charge in [0.15, 0.2) is 5.11 Å². The standard InChI is InChI=1S/C30H27ClN4O4S/c1-16(2)28(36)33-22-10-8-19(14-17(22)3)35-27(26(34-30(35)40)23-6-4-5-13-32-23)25-12-11-24(39-25)20-15-18(29(37)38)7-9-21(20)31/h4-16,26-27H,1-3H3,(H,33,36)(H,34,40)(H,37,38)/t26-,27-/m1/s1. The number of nitrogens with one attached hydrogen (secondary N) is 2. The van der Waals surface area contributed by atoms with Crippen molar-refractivity contribution in [3.05, 3.63) is 101 Å². The fourth-order valence-electron chi connectivity index (χ4n) is 4.64. The van der Waals surface area contributed by atoms with Crippen LogP contribution in [-0.2, 0) is 4.79 Å². The van der Waals surface area contributed by atoms with Crippen molar-refractivity contribution in [3.63, 3.8) is 0 Å². The lowest BCUT2D eigenvalue weighted by Gasteiger charge is -2.27. The highest BCUT2D eigenvalue weighted by Crippen LogP contribution is 2.44. The van der Waals surface area contributed by atoms with Gasteiger partial charge in [0.25, 0.3) is 0 Å². The van der Waals surface area contributed by atoms with Crippen molar-refractivity contribution in [1.82, 2.24) is 10.3 Å². The summed E-state index contributed by atoms with van der Waals surface area (Å²) in [6.45, 7) is 5.62. The highest BCUT2D eigenvalue weighted by molar-refractivity contribution is 7.80. The van der Waals surface area contributed by atoms with Crippen molar-refractivity contribution in [1.29, 1.82) is 0 Å². The number of aromatic nitrogens is 1. The van der Waals surface area contributed by atoms with E-state index in [2.05, 4.69) is 15.6 Å². The number of nitrogens with zero attached hydrogens (tertiary/aromatic N) is 2. The molecule has 204 valence electrons. The van der Waals surface area contributed by atoms with E-state index in [4.69, 9.17) is 28.2 Å². The zero-order valence-corrected chi connectivity index (χ0v) is 23.6. The molecule has 0 spiro atoms. The molecule has 40 heavy (non-hydrogen) atoms. The third-order valence-corrected chi connectivity index (χ3v) is 7.41. The normalized spacial score (nSPS) is 16.7. The van der Waals surface area contributed by atoms with E-state index in [1.807, 2.05) is 68.1 Å². The maximum atomic E-state index is 12.3. The Hall–Kier alpha value is -4.21.